The number of hydrogen-bond acceptors (Lipinski definition) is 7. The average molecular weight is 537 g/mol. The summed E-state index contributed by atoms with van der Waals surface area (Å²) in [5.74, 6) is -1.30. The molecule has 3 aromatic rings. The Labute approximate surface area is 228 Å². The number of aliphatic hydroxyl groups excluding tert-OH is 1. The van der Waals surface area contributed by atoms with E-state index in [4.69, 9.17) is 21.1 Å². The van der Waals surface area contributed by atoms with Crippen LogP contribution in [0.2, 0.25) is 5.02 Å². The van der Waals surface area contributed by atoms with E-state index in [1.807, 2.05) is 67.6 Å². The maximum Gasteiger partial charge on any atom is 0.343 e. The van der Waals surface area contributed by atoms with Gasteiger partial charge in [-0.3, -0.25) is 0 Å². The molecule has 0 fully saturated rings. The van der Waals surface area contributed by atoms with Gasteiger partial charge in [0.25, 0.3) is 0 Å². The number of aliphatic hydroxyl groups is 1. The van der Waals surface area contributed by atoms with Crippen LogP contribution in [0, 0.1) is 0 Å². The van der Waals surface area contributed by atoms with Crippen LogP contribution in [-0.2, 0) is 38.4 Å². The lowest BCUT2D eigenvalue weighted by Gasteiger charge is -2.35. The molecule has 0 spiro atoms. The highest BCUT2D eigenvalue weighted by Gasteiger charge is 2.58. The van der Waals surface area contributed by atoms with Gasteiger partial charge in [-0.2, -0.15) is 0 Å². The summed E-state index contributed by atoms with van der Waals surface area (Å²) in [6.07, 6.45) is 0.165. The van der Waals surface area contributed by atoms with Crippen molar-refractivity contribution in [2.75, 3.05) is 25.7 Å². The van der Waals surface area contributed by atoms with Crippen molar-refractivity contribution >= 4 is 29.2 Å². The lowest BCUT2D eigenvalue weighted by atomic mass is 9.92. The first-order chi connectivity index (χ1) is 18.3. The van der Waals surface area contributed by atoms with Crippen LogP contribution >= 0.6 is 11.6 Å². The topological polar surface area (TPSA) is 88.1 Å². The van der Waals surface area contributed by atoms with Crippen molar-refractivity contribution in [3.63, 3.8) is 0 Å². The molecule has 2 atom stereocenters. The number of esters is 2. The van der Waals surface area contributed by atoms with Crippen LogP contribution < -0.4 is 10.2 Å². The molecule has 1 aliphatic heterocycles. The van der Waals surface area contributed by atoms with E-state index in [2.05, 4.69) is 5.32 Å². The van der Waals surface area contributed by atoms with Gasteiger partial charge in [0.05, 0.1) is 20.3 Å². The molecule has 8 heteroatoms. The highest BCUT2D eigenvalue weighted by Crippen LogP contribution is 2.42. The summed E-state index contributed by atoms with van der Waals surface area (Å²) in [5, 5.41) is 14.5. The first-order valence-electron chi connectivity index (χ1n) is 12.6. The minimum Gasteiger partial charge on any atom is -0.467 e. The molecule has 0 radical (unpaired) electrons. The molecule has 1 unspecified atom stereocenters. The second-order valence-electron chi connectivity index (χ2n) is 9.64. The molecule has 3 aromatic carbocycles. The second-order valence-corrected chi connectivity index (χ2v) is 10.1. The summed E-state index contributed by atoms with van der Waals surface area (Å²) in [6.45, 7) is 2.77. The fourth-order valence-corrected chi connectivity index (χ4v) is 5.29. The first kappa shape index (κ1) is 27.6. The summed E-state index contributed by atoms with van der Waals surface area (Å²) in [4.78, 5) is 28.1. The average Bonchev–Trinajstić information content (AvgIpc) is 3.25. The van der Waals surface area contributed by atoms with E-state index in [9.17, 15) is 14.7 Å². The predicted octanol–water partition coefficient (Wildman–Crippen LogP) is 4.24. The summed E-state index contributed by atoms with van der Waals surface area (Å²) < 4.78 is 10.3. The van der Waals surface area contributed by atoms with Gasteiger partial charge in [0, 0.05) is 36.3 Å². The Morgan fingerprint density at radius 1 is 1.00 bits per heavy atom. The second kappa shape index (κ2) is 12.0. The van der Waals surface area contributed by atoms with Crippen molar-refractivity contribution in [2.45, 2.75) is 44.0 Å². The number of carbonyl (C=O) groups is 2. The van der Waals surface area contributed by atoms with Crippen LogP contribution in [0.4, 0.5) is 5.69 Å². The fraction of sp³-hybridized carbons (Fsp3) is 0.333. The Morgan fingerprint density at radius 3 is 2.37 bits per heavy atom. The summed E-state index contributed by atoms with van der Waals surface area (Å²) >= 11 is 6.05. The van der Waals surface area contributed by atoms with E-state index >= 15 is 0 Å². The number of carbonyl (C=O) groups excluding carboxylic acids is 2. The van der Waals surface area contributed by atoms with E-state index in [1.54, 1.807) is 17.0 Å². The molecule has 1 aliphatic rings. The Morgan fingerprint density at radius 2 is 1.71 bits per heavy atom. The molecule has 200 valence electrons. The van der Waals surface area contributed by atoms with Gasteiger partial charge >= 0.3 is 11.9 Å². The van der Waals surface area contributed by atoms with Gasteiger partial charge in [0.2, 0.25) is 5.54 Å². The van der Waals surface area contributed by atoms with Gasteiger partial charge in [-0.15, -0.1) is 0 Å². The van der Waals surface area contributed by atoms with Crippen LogP contribution in [0.15, 0.2) is 72.8 Å². The van der Waals surface area contributed by atoms with Crippen LogP contribution in [-0.4, -0.2) is 49.4 Å². The standard InChI is InChI=1S/C30H33ClN2O5/c1-20(32-18-27(34)23-10-7-11-25(31)16-23)14-22-12-13-26-24(15-22)17-30(28(35)37-2,29(36)38-3)33(26)19-21-8-5-4-6-9-21/h4-13,15-16,20,27,32,34H,14,17-19H2,1-3H3/t20?,27-/m1/s1. The summed E-state index contributed by atoms with van der Waals surface area (Å²) in [7, 11) is 2.57. The molecule has 4 rings (SSSR count). The lowest BCUT2D eigenvalue weighted by Crippen LogP contribution is -2.59. The number of benzene rings is 3. The van der Waals surface area contributed by atoms with Gasteiger partial charge in [0.1, 0.15) is 0 Å². The van der Waals surface area contributed by atoms with Gasteiger partial charge < -0.3 is 24.8 Å². The van der Waals surface area contributed by atoms with Crippen molar-refractivity contribution in [2.24, 2.45) is 0 Å². The van der Waals surface area contributed by atoms with Crippen molar-refractivity contribution in [3.05, 3.63) is 100 Å². The molecule has 0 aromatic heterocycles. The molecule has 0 saturated heterocycles. The van der Waals surface area contributed by atoms with Crippen molar-refractivity contribution in [3.8, 4) is 0 Å². The highest BCUT2D eigenvalue weighted by atomic mass is 35.5. The van der Waals surface area contributed by atoms with Crippen LogP contribution in [0.5, 0.6) is 0 Å². The van der Waals surface area contributed by atoms with Crippen LogP contribution in [0.25, 0.3) is 0 Å². The molecule has 2 N–H and O–H groups in total. The zero-order valence-corrected chi connectivity index (χ0v) is 22.6. The quantitative estimate of drug-likeness (QED) is 0.296. The number of rotatable bonds is 10. The molecule has 0 amide bonds. The third-order valence-corrected chi connectivity index (χ3v) is 7.24. The largest absolute Gasteiger partial charge is 0.467 e. The normalized spacial score (nSPS) is 15.4. The van der Waals surface area contributed by atoms with Crippen LogP contribution in [0.3, 0.4) is 0 Å². The smallest absolute Gasteiger partial charge is 0.343 e. The zero-order valence-electron chi connectivity index (χ0n) is 21.8. The van der Waals surface area contributed by atoms with E-state index in [1.165, 1.54) is 14.2 Å². The summed E-state index contributed by atoms with van der Waals surface area (Å²) in [6, 6.07) is 22.9. The molecule has 1 heterocycles. The van der Waals surface area contributed by atoms with Gasteiger partial charge in [-0.25, -0.2) is 9.59 Å². The number of nitrogens with one attached hydrogen (secondary N) is 1. The Bertz CT molecular complexity index is 1270. The maximum absolute atomic E-state index is 13.1. The molecule has 0 bridgehead atoms. The predicted molar refractivity (Wildman–Crippen MR) is 147 cm³/mol. The Hall–Kier alpha value is -3.39. The molecular formula is C30H33ClN2O5. The SMILES string of the molecule is COC(=O)C1(C(=O)OC)Cc2cc(CC(C)NC[C@@H](O)c3cccc(Cl)c3)ccc2N1Cc1ccccc1. The fourth-order valence-electron chi connectivity index (χ4n) is 5.09. The molecule has 38 heavy (non-hydrogen) atoms. The number of nitrogens with zero attached hydrogens (tertiary/aromatic N) is 1. The minimum absolute atomic E-state index is 0.0645. The monoisotopic (exact) mass is 536 g/mol. The Balaban J connectivity index is 1.54. The van der Waals surface area contributed by atoms with Crippen molar-refractivity contribution in [1.82, 2.24) is 5.32 Å². The van der Waals surface area contributed by atoms with Crippen molar-refractivity contribution in [1.29, 1.82) is 0 Å². The number of methoxy groups -OCH3 is 2. The number of fused-ring (bicyclic) bond motifs is 1. The minimum atomic E-state index is -1.61. The zero-order chi connectivity index (χ0) is 27.3. The first-order valence-corrected chi connectivity index (χ1v) is 12.9. The van der Waals surface area contributed by atoms with Gasteiger partial charge in [-0.05, 0) is 53.8 Å². The number of ether oxygens (including phenoxy) is 2. The number of anilines is 1. The highest BCUT2D eigenvalue weighted by molar-refractivity contribution is 6.30. The Kier molecular flexibility index (Phi) is 8.72. The number of halogens is 1. The van der Waals surface area contributed by atoms with Crippen LogP contribution in [0.1, 0.15) is 35.3 Å². The third kappa shape index (κ3) is 5.70. The molecule has 7 nitrogen and oxygen atoms in total. The van der Waals surface area contributed by atoms with Gasteiger partial charge in [0.15, 0.2) is 0 Å². The van der Waals surface area contributed by atoms with E-state index in [0.717, 1.165) is 27.9 Å². The maximum atomic E-state index is 13.1. The van der Waals surface area contributed by atoms with E-state index in [0.29, 0.717) is 24.5 Å². The molecule has 0 aliphatic carbocycles. The summed E-state index contributed by atoms with van der Waals surface area (Å²) in [5.41, 5.74) is 2.83. The van der Waals surface area contributed by atoms with E-state index < -0.39 is 23.6 Å². The molecule has 0 saturated carbocycles. The third-order valence-electron chi connectivity index (χ3n) is 7.01. The lowest BCUT2D eigenvalue weighted by molar-refractivity contribution is -0.161. The van der Waals surface area contributed by atoms with Crippen molar-refractivity contribution < 1.29 is 24.2 Å². The molecular weight excluding hydrogens is 504 g/mol. The number of hydrogen-bond donors (Lipinski definition) is 2. The van der Waals surface area contributed by atoms with Gasteiger partial charge in [-0.1, -0.05) is 66.2 Å². The van der Waals surface area contributed by atoms with E-state index in [-0.39, 0.29) is 12.5 Å².